The Balaban J connectivity index is 2.46. The largest absolute Gasteiger partial charge is 0.505 e. The molecule has 0 aromatic carbocycles. The van der Waals surface area contributed by atoms with Crippen LogP contribution in [0.3, 0.4) is 0 Å². The summed E-state index contributed by atoms with van der Waals surface area (Å²) in [6, 6.07) is 0. The number of halogens is 1. The normalized spacial score (nSPS) is 12.4. The summed E-state index contributed by atoms with van der Waals surface area (Å²) in [4.78, 5) is 12.3. The van der Waals surface area contributed by atoms with Crippen LogP contribution in [0, 0.1) is 13.8 Å². The minimum Gasteiger partial charge on any atom is -0.505 e. The molecule has 0 saturated carbocycles. The predicted molar refractivity (Wildman–Crippen MR) is 75.6 cm³/mol. The smallest absolute Gasteiger partial charge is 0.211 e. The number of carbonyl (C=O) groups is 1. The van der Waals surface area contributed by atoms with E-state index in [2.05, 4.69) is 10.2 Å². The molecule has 0 saturated heterocycles. The predicted octanol–water partition coefficient (Wildman–Crippen LogP) is 2.12. The number of Topliss-reactive ketones (excluding diaryl/α,β-unsaturated/α-hetero) is 1. The van der Waals surface area contributed by atoms with Gasteiger partial charge in [-0.1, -0.05) is 11.6 Å². The van der Waals surface area contributed by atoms with Crippen LogP contribution in [0.1, 0.15) is 27.3 Å². The van der Waals surface area contributed by atoms with Gasteiger partial charge in [-0.15, -0.1) is 0 Å². The van der Waals surface area contributed by atoms with Gasteiger partial charge in [0.15, 0.2) is 0 Å². The van der Waals surface area contributed by atoms with Crippen LogP contribution in [0.4, 0.5) is 0 Å². The Bertz CT molecular complexity index is 712. The van der Waals surface area contributed by atoms with Crippen molar-refractivity contribution in [2.75, 3.05) is 0 Å². The highest BCUT2D eigenvalue weighted by Crippen LogP contribution is 2.25. The van der Waals surface area contributed by atoms with Crippen molar-refractivity contribution < 1.29 is 9.90 Å². The standard InChI is InChI=1S/C13H15ClN4O2/c1-7-9(5-17(3)15-7)12(19)11(14)13(20)10-6-18(4)16-8(10)2/h5-6,19H,1-4H3. The van der Waals surface area contributed by atoms with Gasteiger partial charge in [-0.25, -0.2) is 0 Å². The molecule has 0 aliphatic heterocycles. The summed E-state index contributed by atoms with van der Waals surface area (Å²) < 4.78 is 3.07. The number of aryl methyl sites for hydroxylation is 4. The van der Waals surface area contributed by atoms with Crippen LogP contribution < -0.4 is 0 Å². The fourth-order valence-corrected chi connectivity index (χ4v) is 2.20. The Labute approximate surface area is 121 Å². The highest BCUT2D eigenvalue weighted by atomic mass is 35.5. The number of ketones is 1. The number of hydrogen-bond acceptors (Lipinski definition) is 4. The van der Waals surface area contributed by atoms with Gasteiger partial charge in [-0.2, -0.15) is 10.2 Å². The number of carbonyl (C=O) groups excluding carboxylic acids is 1. The first-order chi connectivity index (χ1) is 9.31. The second-order valence-electron chi connectivity index (χ2n) is 4.60. The summed E-state index contributed by atoms with van der Waals surface area (Å²) >= 11 is 6.02. The third-order valence-electron chi connectivity index (χ3n) is 2.93. The van der Waals surface area contributed by atoms with Crippen LogP contribution in [0.25, 0.3) is 5.76 Å². The van der Waals surface area contributed by atoms with Gasteiger partial charge >= 0.3 is 0 Å². The van der Waals surface area contributed by atoms with Crippen LogP contribution in [-0.4, -0.2) is 30.5 Å². The molecule has 0 fully saturated rings. The molecule has 0 bridgehead atoms. The summed E-state index contributed by atoms with van der Waals surface area (Å²) in [7, 11) is 3.44. The molecule has 7 heteroatoms. The van der Waals surface area contributed by atoms with E-state index in [-0.39, 0.29) is 10.8 Å². The van der Waals surface area contributed by atoms with Crippen molar-refractivity contribution in [2.45, 2.75) is 13.8 Å². The fraction of sp³-hybridized carbons (Fsp3) is 0.308. The van der Waals surface area contributed by atoms with Gasteiger partial charge in [-0.05, 0) is 13.8 Å². The van der Waals surface area contributed by atoms with Gasteiger partial charge in [0, 0.05) is 26.5 Å². The molecule has 0 unspecified atom stereocenters. The summed E-state index contributed by atoms with van der Waals surface area (Å²) in [6.07, 6.45) is 3.18. The lowest BCUT2D eigenvalue weighted by Gasteiger charge is -2.02. The molecule has 1 N–H and O–H groups in total. The topological polar surface area (TPSA) is 72.9 Å². The number of aromatic nitrogens is 4. The Kier molecular flexibility index (Phi) is 3.67. The Hall–Kier alpha value is -2.08. The van der Waals surface area contributed by atoms with Crippen molar-refractivity contribution in [3.05, 3.63) is 39.9 Å². The van der Waals surface area contributed by atoms with E-state index in [0.717, 1.165) is 0 Å². The van der Waals surface area contributed by atoms with E-state index in [4.69, 9.17) is 11.6 Å². The fourth-order valence-electron chi connectivity index (χ4n) is 2.00. The van der Waals surface area contributed by atoms with Gasteiger partial charge in [0.2, 0.25) is 5.78 Å². The van der Waals surface area contributed by atoms with Gasteiger partial charge in [0.05, 0.1) is 22.5 Å². The Morgan fingerprint density at radius 1 is 1.10 bits per heavy atom. The summed E-state index contributed by atoms with van der Waals surface area (Å²) in [5, 5.41) is 18.1. The van der Waals surface area contributed by atoms with E-state index in [1.807, 2.05) is 0 Å². The van der Waals surface area contributed by atoms with E-state index in [1.54, 1.807) is 45.0 Å². The van der Waals surface area contributed by atoms with E-state index in [0.29, 0.717) is 22.5 Å². The lowest BCUT2D eigenvalue weighted by molar-refractivity contribution is 0.104. The minimum atomic E-state index is -0.460. The molecule has 0 spiro atoms. The number of rotatable bonds is 3. The molecule has 0 radical (unpaired) electrons. The number of allylic oxidation sites excluding steroid dienone is 1. The number of hydrogen-bond donors (Lipinski definition) is 1. The third-order valence-corrected chi connectivity index (χ3v) is 3.28. The SMILES string of the molecule is Cc1nn(C)cc1C(=O)C(Cl)=C(O)c1cn(C)nc1C. The summed E-state index contributed by atoms with van der Waals surface area (Å²) in [6.45, 7) is 3.44. The number of nitrogens with zero attached hydrogens (tertiary/aromatic N) is 4. The average molecular weight is 295 g/mol. The lowest BCUT2D eigenvalue weighted by atomic mass is 10.1. The molecule has 0 aliphatic rings. The maximum atomic E-state index is 12.3. The third kappa shape index (κ3) is 2.46. The minimum absolute atomic E-state index is 0.239. The first kappa shape index (κ1) is 14.3. The molecule has 0 amide bonds. The maximum Gasteiger partial charge on any atom is 0.211 e. The molecule has 2 rings (SSSR count). The first-order valence-corrected chi connectivity index (χ1v) is 6.33. The summed E-state index contributed by atoms with van der Waals surface area (Å²) in [5.74, 6) is -0.733. The second kappa shape index (κ2) is 5.13. The highest BCUT2D eigenvalue weighted by Gasteiger charge is 2.21. The first-order valence-electron chi connectivity index (χ1n) is 5.95. The van der Waals surface area contributed by atoms with E-state index < -0.39 is 5.78 Å². The van der Waals surface area contributed by atoms with E-state index >= 15 is 0 Å². The van der Waals surface area contributed by atoms with Crippen LogP contribution in [0.2, 0.25) is 0 Å². The highest BCUT2D eigenvalue weighted by molar-refractivity contribution is 6.47. The number of aliphatic hydroxyl groups excluding tert-OH is 1. The maximum absolute atomic E-state index is 12.3. The number of aliphatic hydroxyl groups is 1. The molecule has 106 valence electrons. The van der Waals surface area contributed by atoms with Crippen LogP contribution in [-0.2, 0) is 14.1 Å². The van der Waals surface area contributed by atoms with Crippen molar-refractivity contribution >= 4 is 23.1 Å². The van der Waals surface area contributed by atoms with Gasteiger partial charge < -0.3 is 5.11 Å². The monoisotopic (exact) mass is 294 g/mol. The zero-order chi connectivity index (χ0) is 15.0. The van der Waals surface area contributed by atoms with Gasteiger partial charge in [-0.3, -0.25) is 14.2 Å². The molecule has 20 heavy (non-hydrogen) atoms. The van der Waals surface area contributed by atoms with Gasteiger partial charge in [0.25, 0.3) is 0 Å². The molecular formula is C13H15ClN4O2. The molecule has 2 heterocycles. The molecule has 2 aromatic rings. The van der Waals surface area contributed by atoms with Crippen LogP contribution in [0.15, 0.2) is 17.4 Å². The van der Waals surface area contributed by atoms with Gasteiger partial charge in [0.1, 0.15) is 10.8 Å². The molecule has 0 atom stereocenters. The zero-order valence-corrected chi connectivity index (χ0v) is 12.4. The van der Waals surface area contributed by atoms with Crippen molar-refractivity contribution in [3.8, 4) is 0 Å². The van der Waals surface area contributed by atoms with E-state index in [9.17, 15) is 9.90 Å². The van der Waals surface area contributed by atoms with Crippen molar-refractivity contribution in [2.24, 2.45) is 14.1 Å². The molecule has 6 nitrogen and oxygen atoms in total. The quantitative estimate of drug-likeness (QED) is 0.534. The molecular weight excluding hydrogens is 280 g/mol. The second-order valence-corrected chi connectivity index (χ2v) is 4.97. The Morgan fingerprint density at radius 3 is 1.95 bits per heavy atom. The lowest BCUT2D eigenvalue weighted by Crippen LogP contribution is -2.03. The molecule has 0 aliphatic carbocycles. The zero-order valence-electron chi connectivity index (χ0n) is 11.7. The molecule has 2 aromatic heterocycles. The van der Waals surface area contributed by atoms with E-state index in [1.165, 1.54) is 4.68 Å². The van der Waals surface area contributed by atoms with Crippen molar-refractivity contribution in [1.82, 2.24) is 19.6 Å². The average Bonchev–Trinajstić information content (AvgIpc) is 2.88. The summed E-state index contributed by atoms with van der Waals surface area (Å²) in [5.41, 5.74) is 1.96. The van der Waals surface area contributed by atoms with Crippen molar-refractivity contribution in [3.63, 3.8) is 0 Å². The van der Waals surface area contributed by atoms with Crippen LogP contribution in [0.5, 0.6) is 0 Å². The van der Waals surface area contributed by atoms with Crippen molar-refractivity contribution in [1.29, 1.82) is 0 Å². The van der Waals surface area contributed by atoms with Crippen LogP contribution >= 0.6 is 11.6 Å². The Morgan fingerprint density at radius 2 is 1.55 bits per heavy atom.